The van der Waals surface area contributed by atoms with E-state index < -0.39 is 0 Å². The summed E-state index contributed by atoms with van der Waals surface area (Å²) in [6, 6.07) is 8.48. The van der Waals surface area contributed by atoms with Gasteiger partial charge in [0.25, 0.3) is 0 Å². The largest absolute Gasteiger partial charge is 0.374 e. The Labute approximate surface area is 110 Å². The molecular weight excluding hydrogens is 222 g/mol. The molecule has 1 aliphatic rings. The molecule has 98 valence electrons. The van der Waals surface area contributed by atoms with Gasteiger partial charge in [0.1, 0.15) is 6.29 Å². The first-order chi connectivity index (χ1) is 8.65. The summed E-state index contributed by atoms with van der Waals surface area (Å²) in [5.41, 5.74) is 2.36. The molecule has 0 atom stereocenters. The number of aryl methyl sites for hydroxylation is 1. The molecule has 2 nitrogen and oxygen atoms in total. The number of anilines is 1. The summed E-state index contributed by atoms with van der Waals surface area (Å²) < 4.78 is 0. The maximum atomic E-state index is 11.5. The third-order valence-corrected chi connectivity index (χ3v) is 4.09. The number of hydrogen-bond acceptors (Lipinski definition) is 2. The second-order valence-electron chi connectivity index (χ2n) is 5.74. The van der Waals surface area contributed by atoms with E-state index in [4.69, 9.17) is 0 Å². The molecule has 0 amide bonds. The average molecular weight is 245 g/mol. The molecule has 0 aromatic heterocycles. The molecule has 1 aromatic rings. The van der Waals surface area contributed by atoms with E-state index in [-0.39, 0.29) is 5.41 Å². The standard InChI is InChI=1S/C16H23NO/c1-14-7-6-8-15(11-14)17(2)12-16(13-18)9-4-3-5-10-16/h6-8,11,13H,3-5,9-10,12H2,1-2H3. The summed E-state index contributed by atoms with van der Waals surface area (Å²) in [4.78, 5) is 13.7. The lowest BCUT2D eigenvalue weighted by atomic mass is 9.75. The van der Waals surface area contributed by atoms with Gasteiger partial charge in [-0.25, -0.2) is 0 Å². The zero-order valence-electron chi connectivity index (χ0n) is 11.5. The lowest BCUT2D eigenvalue weighted by Gasteiger charge is -2.36. The highest BCUT2D eigenvalue weighted by molar-refractivity contribution is 5.62. The van der Waals surface area contributed by atoms with Crippen LogP contribution in [0.3, 0.4) is 0 Å². The maximum absolute atomic E-state index is 11.5. The highest BCUT2D eigenvalue weighted by Gasteiger charge is 2.32. The molecule has 18 heavy (non-hydrogen) atoms. The van der Waals surface area contributed by atoms with Crippen LogP contribution in [0.2, 0.25) is 0 Å². The minimum absolute atomic E-state index is 0.114. The lowest BCUT2D eigenvalue weighted by molar-refractivity contribution is -0.117. The summed E-state index contributed by atoms with van der Waals surface area (Å²) in [5.74, 6) is 0. The number of nitrogens with zero attached hydrogens (tertiary/aromatic N) is 1. The highest BCUT2D eigenvalue weighted by atomic mass is 16.1. The maximum Gasteiger partial charge on any atom is 0.127 e. The van der Waals surface area contributed by atoms with Crippen LogP contribution in [0, 0.1) is 12.3 Å². The van der Waals surface area contributed by atoms with E-state index in [0.717, 1.165) is 19.4 Å². The van der Waals surface area contributed by atoms with Crippen LogP contribution < -0.4 is 4.90 Å². The Morgan fingerprint density at radius 1 is 1.28 bits per heavy atom. The molecule has 0 N–H and O–H groups in total. The Bertz CT molecular complexity index is 407. The van der Waals surface area contributed by atoms with Crippen LogP contribution in [-0.2, 0) is 4.79 Å². The number of carbonyl (C=O) groups is 1. The Morgan fingerprint density at radius 3 is 2.61 bits per heavy atom. The molecule has 1 aliphatic carbocycles. The fraction of sp³-hybridized carbons (Fsp3) is 0.562. The van der Waals surface area contributed by atoms with Crippen molar-refractivity contribution >= 4 is 12.0 Å². The van der Waals surface area contributed by atoms with Crippen molar-refractivity contribution in [2.45, 2.75) is 39.0 Å². The van der Waals surface area contributed by atoms with Gasteiger partial charge in [0.2, 0.25) is 0 Å². The third-order valence-electron chi connectivity index (χ3n) is 4.09. The minimum atomic E-state index is -0.114. The van der Waals surface area contributed by atoms with E-state index in [1.807, 2.05) is 0 Å². The summed E-state index contributed by atoms with van der Waals surface area (Å²) in [5, 5.41) is 0. The van der Waals surface area contributed by atoms with Gasteiger partial charge in [-0.05, 0) is 37.5 Å². The van der Waals surface area contributed by atoms with E-state index in [0.29, 0.717) is 0 Å². The van der Waals surface area contributed by atoms with Gasteiger partial charge in [0.15, 0.2) is 0 Å². The van der Waals surface area contributed by atoms with Crippen molar-refractivity contribution in [2.24, 2.45) is 5.41 Å². The summed E-state index contributed by atoms with van der Waals surface area (Å²) in [6.07, 6.45) is 6.97. The zero-order valence-corrected chi connectivity index (χ0v) is 11.5. The average Bonchev–Trinajstić information content (AvgIpc) is 2.40. The molecule has 2 heteroatoms. The van der Waals surface area contributed by atoms with Crippen molar-refractivity contribution in [3.8, 4) is 0 Å². The fourth-order valence-corrected chi connectivity index (χ4v) is 3.00. The van der Waals surface area contributed by atoms with E-state index in [9.17, 15) is 4.79 Å². The molecular formula is C16H23NO. The monoisotopic (exact) mass is 245 g/mol. The number of carbonyl (C=O) groups excluding carboxylic acids is 1. The van der Waals surface area contributed by atoms with Gasteiger partial charge >= 0.3 is 0 Å². The predicted molar refractivity (Wildman–Crippen MR) is 76.0 cm³/mol. The molecule has 0 spiro atoms. The van der Waals surface area contributed by atoms with Gasteiger partial charge in [-0.3, -0.25) is 0 Å². The summed E-state index contributed by atoms with van der Waals surface area (Å²) in [7, 11) is 2.09. The second-order valence-corrected chi connectivity index (χ2v) is 5.74. The van der Waals surface area contributed by atoms with Crippen molar-refractivity contribution < 1.29 is 4.79 Å². The fourth-order valence-electron chi connectivity index (χ4n) is 3.00. The van der Waals surface area contributed by atoms with E-state index in [1.165, 1.54) is 36.8 Å². The molecule has 0 saturated heterocycles. The van der Waals surface area contributed by atoms with Crippen molar-refractivity contribution in [1.82, 2.24) is 0 Å². The van der Waals surface area contributed by atoms with Crippen molar-refractivity contribution in [1.29, 1.82) is 0 Å². The molecule has 0 unspecified atom stereocenters. The first kappa shape index (κ1) is 13.1. The Morgan fingerprint density at radius 2 is 2.00 bits per heavy atom. The second kappa shape index (κ2) is 5.55. The van der Waals surface area contributed by atoms with Crippen LogP contribution in [0.4, 0.5) is 5.69 Å². The molecule has 0 aliphatic heterocycles. The first-order valence-corrected chi connectivity index (χ1v) is 6.89. The minimum Gasteiger partial charge on any atom is -0.374 e. The van der Waals surface area contributed by atoms with Crippen molar-refractivity contribution in [2.75, 3.05) is 18.5 Å². The van der Waals surface area contributed by atoms with Crippen LogP contribution >= 0.6 is 0 Å². The molecule has 0 heterocycles. The van der Waals surface area contributed by atoms with Crippen LogP contribution in [0.1, 0.15) is 37.7 Å². The van der Waals surface area contributed by atoms with Gasteiger partial charge in [-0.1, -0.05) is 31.4 Å². The van der Waals surface area contributed by atoms with Crippen LogP contribution in [0.25, 0.3) is 0 Å². The highest BCUT2D eigenvalue weighted by Crippen LogP contribution is 2.35. The lowest BCUT2D eigenvalue weighted by Crippen LogP contribution is -2.38. The quantitative estimate of drug-likeness (QED) is 0.756. The number of aldehydes is 1. The molecule has 2 rings (SSSR count). The van der Waals surface area contributed by atoms with Crippen LogP contribution in [-0.4, -0.2) is 19.9 Å². The number of rotatable bonds is 4. The normalized spacial score (nSPS) is 18.3. The van der Waals surface area contributed by atoms with Crippen molar-refractivity contribution in [3.05, 3.63) is 29.8 Å². The van der Waals surface area contributed by atoms with E-state index in [1.54, 1.807) is 0 Å². The van der Waals surface area contributed by atoms with Gasteiger partial charge in [-0.2, -0.15) is 0 Å². The molecule has 1 saturated carbocycles. The van der Waals surface area contributed by atoms with Gasteiger partial charge in [0, 0.05) is 24.7 Å². The third kappa shape index (κ3) is 2.92. The topological polar surface area (TPSA) is 20.3 Å². The SMILES string of the molecule is Cc1cccc(N(C)CC2(C=O)CCCCC2)c1. The first-order valence-electron chi connectivity index (χ1n) is 6.89. The van der Waals surface area contributed by atoms with Gasteiger partial charge < -0.3 is 9.69 Å². The molecule has 1 fully saturated rings. The Hall–Kier alpha value is -1.31. The summed E-state index contributed by atoms with van der Waals surface area (Å²) in [6.45, 7) is 2.95. The molecule has 0 bridgehead atoms. The predicted octanol–water partition coefficient (Wildman–Crippen LogP) is 3.58. The smallest absolute Gasteiger partial charge is 0.127 e. The summed E-state index contributed by atoms with van der Waals surface area (Å²) >= 11 is 0. The van der Waals surface area contributed by atoms with Crippen LogP contribution in [0.15, 0.2) is 24.3 Å². The zero-order chi connectivity index (χ0) is 13.0. The van der Waals surface area contributed by atoms with E-state index in [2.05, 4.69) is 43.1 Å². The molecule has 1 aromatic carbocycles. The number of benzene rings is 1. The van der Waals surface area contributed by atoms with E-state index >= 15 is 0 Å². The van der Waals surface area contributed by atoms with Gasteiger partial charge in [-0.15, -0.1) is 0 Å². The van der Waals surface area contributed by atoms with Gasteiger partial charge in [0.05, 0.1) is 0 Å². The Kier molecular flexibility index (Phi) is 4.05. The number of hydrogen-bond donors (Lipinski definition) is 0. The van der Waals surface area contributed by atoms with Crippen LogP contribution in [0.5, 0.6) is 0 Å². The molecule has 0 radical (unpaired) electrons. The Balaban J connectivity index is 2.09. The van der Waals surface area contributed by atoms with Crippen molar-refractivity contribution in [3.63, 3.8) is 0 Å².